The molecule has 0 unspecified atom stereocenters. The number of benzene rings is 2. The largest absolute Gasteiger partial charge is 0.342 e. The van der Waals surface area contributed by atoms with Gasteiger partial charge in [0, 0.05) is 45.8 Å². The molecule has 2 aromatic carbocycles. The third-order valence-electron chi connectivity index (χ3n) is 4.97. The van der Waals surface area contributed by atoms with E-state index in [0.717, 1.165) is 22.0 Å². The summed E-state index contributed by atoms with van der Waals surface area (Å²) < 4.78 is 2.02. The third kappa shape index (κ3) is 4.14. The highest BCUT2D eigenvalue weighted by Crippen LogP contribution is 2.28. The first-order chi connectivity index (χ1) is 14.9. The molecule has 1 fully saturated rings. The van der Waals surface area contributed by atoms with Gasteiger partial charge in [-0.15, -0.1) is 6.58 Å². The van der Waals surface area contributed by atoms with Crippen LogP contribution in [0.1, 0.15) is 11.1 Å². The molecule has 31 heavy (non-hydrogen) atoms. The van der Waals surface area contributed by atoms with Gasteiger partial charge in [-0.25, -0.2) is 0 Å². The highest BCUT2D eigenvalue weighted by Gasteiger charge is 2.32. The minimum absolute atomic E-state index is 0.0166. The summed E-state index contributed by atoms with van der Waals surface area (Å²) in [5, 5.41) is 4.69. The molecule has 5 nitrogen and oxygen atoms in total. The number of hydrogen-bond donors (Lipinski definition) is 1. The van der Waals surface area contributed by atoms with E-state index in [1.165, 1.54) is 4.90 Å². The maximum absolute atomic E-state index is 12.9. The van der Waals surface area contributed by atoms with Crippen LogP contribution in [0.3, 0.4) is 0 Å². The van der Waals surface area contributed by atoms with Gasteiger partial charge in [0.25, 0.3) is 11.8 Å². The molecule has 0 atom stereocenters. The molecule has 2 amide bonds. The number of aromatic nitrogens is 1. The van der Waals surface area contributed by atoms with Crippen LogP contribution in [0, 0.1) is 0 Å². The van der Waals surface area contributed by atoms with Crippen molar-refractivity contribution in [3.8, 4) is 0 Å². The van der Waals surface area contributed by atoms with Crippen molar-refractivity contribution in [3.63, 3.8) is 0 Å². The minimum Gasteiger partial charge on any atom is -0.342 e. The van der Waals surface area contributed by atoms with Crippen molar-refractivity contribution < 1.29 is 9.59 Å². The Kier molecular flexibility index (Phi) is 5.96. The summed E-state index contributed by atoms with van der Waals surface area (Å²) in [4.78, 5) is 26.7. The molecule has 1 aromatic heterocycles. The van der Waals surface area contributed by atoms with Crippen LogP contribution in [0.2, 0.25) is 10.0 Å². The van der Waals surface area contributed by atoms with E-state index in [4.69, 9.17) is 35.4 Å². The lowest BCUT2D eigenvalue weighted by Crippen LogP contribution is -2.53. The normalized spacial score (nSPS) is 15.6. The van der Waals surface area contributed by atoms with Crippen molar-refractivity contribution >= 4 is 69.3 Å². The summed E-state index contributed by atoms with van der Waals surface area (Å²) in [7, 11) is 0. The number of carbonyl (C=O) groups is 2. The second kappa shape index (κ2) is 8.67. The van der Waals surface area contributed by atoms with Crippen molar-refractivity contribution in [3.05, 3.63) is 88.1 Å². The molecular formula is C23H17Cl2N3O2S. The number of halogens is 2. The maximum atomic E-state index is 12.9. The summed E-state index contributed by atoms with van der Waals surface area (Å²) in [6, 6.07) is 13.1. The number of thiocarbonyl (C=S) groups is 1. The van der Waals surface area contributed by atoms with Crippen LogP contribution in [-0.4, -0.2) is 32.9 Å². The van der Waals surface area contributed by atoms with E-state index in [2.05, 4.69) is 11.9 Å². The number of rotatable bonds is 5. The van der Waals surface area contributed by atoms with Crippen LogP contribution < -0.4 is 5.32 Å². The van der Waals surface area contributed by atoms with Crippen LogP contribution >= 0.6 is 35.4 Å². The second-order valence-corrected chi connectivity index (χ2v) is 8.22. The van der Waals surface area contributed by atoms with Crippen LogP contribution in [0.5, 0.6) is 0 Å². The Labute approximate surface area is 194 Å². The zero-order valence-electron chi connectivity index (χ0n) is 16.3. The van der Waals surface area contributed by atoms with E-state index in [1.807, 2.05) is 41.1 Å². The molecule has 1 saturated heterocycles. The Morgan fingerprint density at radius 3 is 2.65 bits per heavy atom. The van der Waals surface area contributed by atoms with Gasteiger partial charge in [0.1, 0.15) is 5.57 Å². The van der Waals surface area contributed by atoms with Crippen molar-refractivity contribution in [2.24, 2.45) is 0 Å². The summed E-state index contributed by atoms with van der Waals surface area (Å²) in [5.74, 6) is -0.973. The average molecular weight is 470 g/mol. The molecule has 1 N–H and O–H groups in total. The standard InChI is InChI=1S/C23H17Cl2N3O2S/c1-2-9-28-22(30)18(21(29)26-23(28)31)10-15-13-27(20-6-4-3-5-17(15)20)12-14-7-8-16(24)11-19(14)25/h2-8,10-11,13H,1,9,12H2,(H,26,29,31)/b18-10+. The van der Waals surface area contributed by atoms with E-state index < -0.39 is 11.8 Å². The molecule has 156 valence electrons. The van der Waals surface area contributed by atoms with Gasteiger partial charge in [0.2, 0.25) is 0 Å². The first kappa shape index (κ1) is 21.3. The van der Waals surface area contributed by atoms with Crippen molar-refractivity contribution in [1.82, 2.24) is 14.8 Å². The predicted octanol–water partition coefficient (Wildman–Crippen LogP) is 4.81. The molecule has 4 rings (SSSR count). The number of fused-ring (bicyclic) bond motifs is 1. The summed E-state index contributed by atoms with van der Waals surface area (Å²) in [6.07, 6.45) is 5.05. The van der Waals surface area contributed by atoms with Crippen LogP contribution in [-0.2, 0) is 16.1 Å². The quantitative estimate of drug-likeness (QED) is 0.252. The number of carbonyl (C=O) groups excluding carboxylic acids is 2. The highest BCUT2D eigenvalue weighted by atomic mass is 35.5. The lowest BCUT2D eigenvalue weighted by molar-refractivity contribution is -0.128. The predicted molar refractivity (Wildman–Crippen MR) is 128 cm³/mol. The molecule has 3 aromatic rings. The van der Waals surface area contributed by atoms with Gasteiger partial charge in [-0.3, -0.25) is 19.8 Å². The van der Waals surface area contributed by atoms with Crippen molar-refractivity contribution in [2.75, 3.05) is 6.54 Å². The Bertz CT molecular complexity index is 1280. The molecule has 2 heterocycles. The van der Waals surface area contributed by atoms with E-state index in [1.54, 1.807) is 24.3 Å². The van der Waals surface area contributed by atoms with Gasteiger partial charge in [-0.2, -0.15) is 0 Å². The number of para-hydroxylation sites is 1. The molecule has 0 bridgehead atoms. The van der Waals surface area contributed by atoms with Gasteiger partial charge in [-0.1, -0.05) is 53.5 Å². The van der Waals surface area contributed by atoms with Crippen molar-refractivity contribution in [1.29, 1.82) is 0 Å². The van der Waals surface area contributed by atoms with E-state index in [-0.39, 0.29) is 17.2 Å². The molecule has 1 aliphatic heterocycles. The summed E-state index contributed by atoms with van der Waals surface area (Å²) >= 11 is 17.5. The fraction of sp³-hybridized carbons (Fsp3) is 0.0870. The molecule has 8 heteroatoms. The Morgan fingerprint density at radius 1 is 1.13 bits per heavy atom. The van der Waals surface area contributed by atoms with Gasteiger partial charge >= 0.3 is 0 Å². The van der Waals surface area contributed by atoms with Crippen LogP contribution in [0.4, 0.5) is 0 Å². The molecule has 1 aliphatic rings. The highest BCUT2D eigenvalue weighted by molar-refractivity contribution is 7.80. The summed E-state index contributed by atoms with van der Waals surface area (Å²) in [6.45, 7) is 4.36. The average Bonchev–Trinajstić information content (AvgIpc) is 3.08. The lowest BCUT2D eigenvalue weighted by Gasteiger charge is -2.27. The third-order valence-corrected chi connectivity index (χ3v) is 5.88. The van der Waals surface area contributed by atoms with Gasteiger partial charge < -0.3 is 4.57 Å². The van der Waals surface area contributed by atoms with Gasteiger partial charge in [-0.05, 0) is 42.1 Å². The van der Waals surface area contributed by atoms with E-state index >= 15 is 0 Å². The number of nitrogens with one attached hydrogen (secondary N) is 1. The van der Waals surface area contributed by atoms with Gasteiger partial charge in [0.05, 0.1) is 0 Å². The second-order valence-electron chi connectivity index (χ2n) is 6.99. The molecule has 0 saturated carbocycles. The Hall–Kier alpha value is -2.93. The Balaban J connectivity index is 1.78. The number of nitrogens with zero attached hydrogens (tertiary/aromatic N) is 2. The fourth-order valence-electron chi connectivity index (χ4n) is 3.50. The molecular weight excluding hydrogens is 453 g/mol. The first-order valence-corrected chi connectivity index (χ1v) is 10.6. The Morgan fingerprint density at radius 2 is 1.90 bits per heavy atom. The topological polar surface area (TPSA) is 54.3 Å². The number of amides is 2. The lowest BCUT2D eigenvalue weighted by atomic mass is 10.1. The van der Waals surface area contributed by atoms with Crippen molar-refractivity contribution in [2.45, 2.75) is 6.54 Å². The van der Waals surface area contributed by atoms with E-state index in [0.29, 0.717) is 16.6 Å². The van der Waals surface area contributed by atoms with Crippen LogP contribution in [0.25, 0.3) is 17.0 Å². The molecule has 0 aliphatic carbocycles. The SMILES string of the molecule is C=CCN1C(=O)/C(=C/c2cn(Cc3ccc(Cl)cc3Cl)c3ccccc23)C(=O)NC1=S. The zero-order valence-corrected chi connectivity index (χ0v) is 18.6. The monoisotopic (exact) mass is 469 g/mol. The van der Waals surface area contributed by atoms with Gasteiger partial charge in [0.15, 0.2) is 5.11 Å². The number of hydrogen-bond acceptors (Lipinski definition) is 3. The molecule has 0 spiro atoms. The smallest absolute Gasteiger partial charge is 0.265 e. The summed E-state index contributed by atoms with van der Waals surface area (Å²) in [5.41, 5.74) is 2.61. The first-order valence-electron chi connectivity index (χ1n) is 9.40. The maximum Gasteiger partial charge on any atom is 0.265 e. The van der Waals surface area contributed by atoms with E-state index in [9.17, 15) is 9.59 Å². The zero-order chi connectivity index (χ0) is 22.1. The van der Waals surface area contributed by atoms with Crippen LogP contribution in [0.15, 0.2) is 66.9 Å². The molecule has 0 radical (unpaired) electrons. The fourth-order valence-corrected chi connectivity index (χ4v) is 4.22. The minimum atomic E-state index is -0.520.